The number of methoxy groups -OCH3 is 1. The topological polar surface area (TPSA) is 60.8 Å². The largest absolute Gasteiger partial charge is 0.469 e. The molecule has 0 N–H and O–H groups in total. The number of benzene rings is 1. The van der Waals surface area contributed by atoms with E-state index in [0.29, 0.717) is 0 Å². The summed E-state index contributed by atoms with van der Waals surface area (Å²) in [5.74, 6) is 1.77. The van der Waals surface area contributed by atoms with Gasteiger partial charge in [-0.25, -0.2) is 9.86 Å². The molecule has 0 fully saturated rings. The van der Waals surface area contributed by atoms with Gasteiger partial charge >= 0.3 is 5.97 Å². The van der Waals surface area contributed by atoms with Crippen LogP contribution in [0.3, 0.4) is 0 Å². The minimum Gasteiger partial charge on any atom is -0.469 e. The van der Waals surface area contributed by atoms with Crippen molar-refractivity contribution in [2.24, 2.45) is 0 Å². The van der Waals surface area contributed by atoms with Crippen LogP contribution in [0.5, 0.6) is 0 Å². The van der Waals surface area contributed by atoms with Crippen LogP contribution in [0.2, 0.25) is 0 Å². The van der Waals surface area contributed by atoms with E-state index in [2.05, 4.69) is 0 Å². The number of carbonyl (C=O) groups excluding carboxylic acids is 2. The van der Waals surface area contributed by atoms with Gasteiger partial charge in [0.1, 0.15) is 6.04 Å². The number of esters is 1. The molecule has 108 valence electrons. The average Bonchev–Trinajstić information content (AvgIpc) is 3.01. The number of ether oxygens (including phenoxy) is 1. The molecule has 0 aliphatic carbocycles. The summed E-state index contributed by atoms with van der Waals surface area (Å²) in [4.78, 5) is 28.3. The van der Waals surface area contributed by atoms with Crippen LogP contribution in [-0.4, -0.2) is 35.8 Å². The smallest absolute Gasteiger partial charge is 0.308 e. The number of aromatic nitrogens is 1. The summed E-state index contributed by atoms with van der Waals surface area (Å²) in [7, 11) is 2.79. The molecule has 1 aromatic carbocycles. The summed E-state index contributed by atoms with van der Waals surface area (Å²) in [6, 6.07) is 9.21. The number of hydrogen-bond acceptors (Lipinski definition) is 5. The van der Waals surface area contributed by atoms with Crippen LogP contribution >= 0.6 is 0 Å². The lowest BCUT2D eigenvalue weighted by Crippen LogP contribution is -2.23. The first-order valence-electron chi connectivity index (χ1n) is 6.47. The molecule has 0 saturated heterocycles. The van der Waals surface area contributed by atoms with Crippen molar-refractivity contribution >= 4 is 28.6 Å². The van der Waals surface area contributed by atoms with Crippen LogP contribution in [0.25, 0.3) is 16.7 Å². The first-order chi connectivity index (χ1) is 10.2. The van der Waals surface area contributed by atoms with Gasteiger partial charge in [0.25, 0.3) is 0 Å². The van der Waals surface area contributed by atoms with Crippen molar-refractivity contribution in [1.29, 1.82) is 0 Å². The maximum absolute atomic E-state index is 11.6. The molecule has 1 atom stereocenters. The Bertz CT molecular complexity index is 758. The molecule has 6 nitrogen and oxygen atoms in total. The van der Waals surface area contributed by atoms with E-state index < -0.39 is 6.04 Å². The third kappa shape index (κ3) is 1.93. The van der Waals surface area contributed by atoms with Crippen molar-refractivity contribution in [3.05, 3.63) is 36.0 Å². The lowest BCUT2D eigenvalue weighted by molar-refractivity contribution is -0.149. The maximum Gasteiger partial charge on any atom is 0.308 e. The molecule has 0 spiro atoms. The molecule has 0 radical (unpaired) electrons. The zero-order valence-corrected chi connectivity index (χ0v) is 11.7. The molecule has 6 heteroatoms. The molecule has 21 heavy (non-hydrogen) atoms. The van der Waals surface area contributed by atoms with Gasteiger partial charge in [0.15, 0.2) is 5.94 Å². The van der Waals surface area contributed by atoms with Crippen LogP contribution in [-0.2, 0) is 19.2 Å². The summed E-state index contributed by atoms with van der Waals surface area (Å²) < 4.78 is 6.49. The highest BCUT2D eigenvalue weighted by atomic mass is 16.7. The predicted molar refractivity (Wildman–Crippen MR) is 75.6 cm³/mol. The summed E-state index contributed by atoms with van der Waals surface area (Å²) in [5.41, 5.74) is 1.68. The van der Waals surface area contributed by atoms with Crippen molar-refractivity contribution < 1.29 is 19.2 Å². The summed E-state index contributed by atoms with van der Waals surface area (Å²) in [6.07, 6.45) is 0.0891. The van der Waals surface area contributed by atoms with Crippen molar-refractivity contribution in [2.75, 3.05) is 14.2 Å². The number of nitrogens with zero attached hydrogens (tertiary/aromatic N) is 2. The quantitative estimate of drug-likeness (QED) is 0.635. The Morgan fingerprint density at radius 1 is 1.33 bits per heavy atom. The Morgan fingerprint density at radius 2 is 2.10 bits per heavy atom. The minimum absolute atomic E-state index is 0.0891. The summed E-state index contributed by atoms with van der Waals surface area (Å²) in [5, 5.41) is 2.39. The van der Waals surface area contributed by atoms with Gasteiger partial charge < -0.3 is 4.74 Å². The monoisotopic (exact) mass is 286 g/mol. The average molecular weight is 286 g/mol. The highest BCUT2D eigenvalue weighted by molar-refractivity contribution is 5.91. The number of hydroxylamine groups is 2. The van der Waals surface area contributed by atoms with Crippen molar-refractivity contribution in [3.63, 3.8) is 0 Å². The van der Waals surface area contributed by atoms with Crippen LogP contribution in [0.15, 0.2) is 30.3 Å². The SMILES string of the molecule is COC(=O)CC1c2cc3ccccc3n2C(=C=O)N1OC. The molecule has 1 aliphatic heterocycles. The van der Waals surface area contributed by atoms with Gasteiger partial charge in [0.2, 0.25) is 5.82 Å². The van der Waals surface area contributed by atoms with Crippen molar-refractivity contribution in [3.8, 4) is 0 Å². The molecule has 0 bridgehead atoms. The second-order valence-corrected chi connectivity index (χ2v) is 4.69. The number of fused-ring (bicyclic) bond motifs is 3. The van der Waals surface area contributed by atoms with E-state index in [4.69, 9.17) is 9.57 Å². The third-order valence-electron chi connectivity index (χ3n) is 3.66. The van der Waals surface area contributed by atoms with Crippen LogP contribution in [0.1, 0.15) is 18.2 Å². The molecular formula is C15H14N2O4. The maximum atomic E-state index is 11.6. The Hall–Kier alpha value is -2.56. The second kappa shape index (κ2) is 5.09. The fourth-order valence-electron chi connectivity index (χ4n) is 2.76. The van der Waals surface area contributed by atoms with Gasteiger partial charge in [-0.05, 0) is 12.1 Å². The molecular weight excluding hydrogens is 272 g/mol. The van der Waals surface area contributed by atoms with Gasteiger partial charge in [0, 0.05) is 5.39 Å². The molecule has 1 unspecified atom stereocenters. The van der Waals surface area contributed by atoms with Gasteiger partial charge in [-0.2, -0.15) is 0 Å². The number of para-hydroxylation sites is 1. The van der Waals surface area contributed by atoms with E-state index in [1.165, 1.54) is 19.3 Å². The molecule has 2 aromatic rings. The third-order valence-corrected chi connectivity index (χ3v) is 3.66. The minimum atomic E-state index is -0.411. The van der Waals surface area contributed by atoms with Gasteiger partial charge in [-0.3, -0.25) is 14.2 Å². The van der Waals surface area contributed by atoms with E-state index in [0.717, 1.165) is 16.6 Å². The Labute approximate surface area is 121 Å². The lowest BCUT2D eigenvalue weighted by Gasteiger charge is -2.21. The summed E-state index contributed by atoms with van der Waals surface area (Å²) in [6.45, 7) is 0. The Morgan fingerprint density at radius 3 is 2.76 bits per heavy atom. The van der Waals surface area contributed by atoms with Crippen molar-refractivity contribution in [2.45, 2.75) is 12.5 Å². The first-order valence-corrected chi connectivity index (χ1v) is 6.47. The van der Waals surface area contributed by atoms with Crippen LogP contribution in [0.4, 0.5) is 0 Å². The molecule has 1 aliphatic rings. The normalized spacial score (nSPS) is 17.0. The first kappa shape index (κ1) is 13.4. The number of rotatable bonds is 3. The van der Waals surface area contributed by atoms with Gasteiger partial charge in [-0.1, -0.05) is 18.2 Å². The Balaban J connectivity index is 2.19. The van der Waals surface area contributed by atoms with E-state index in [-0.39, 0.29) is 18.2 Å². The zero-order valence-electron chi connectivity index (χ0n) is 11.7. The predicted octanol–water partition coefficient (Wildman–Crippen LogP) is 1.75. The summed E-state index contributed by atoms with van der Waals surface area (Å²) >= 11 is 0. The second-order valence-electron chi connectivity index (χ2n) is 4.69. The van der Waals surface area contributed by atoms with E-state index in [9.17, 15) is 9.59 Å². The Kier molecular flexibility index (Phi) is 3.25. The fourth-order valence-corrected chi connectivity index (χ4v) is 2.76. The molecule has 0 amide bonds. The van der Waals surface area contributed by atoms with E-state index in [1.54, 1.807) is 4.57 Å². The highest BCUT2D eigenvalue weighted by Crippen LogP contribution is 2.41. The molecule has 3 rings (SSSR count). The van der Waals surface area contributed by atoms with Crippen LogP contribution in [0, 0.1) is 0 Å². The molecule has 1 aromatic heterocycles. The molecule has 2 heterocycles. The fraction of sp³-hybridized carbons (Fsp3) is 0.267. The van der Waals surface area contributed by atoms with Gasteiger partial charge in [-0.15, -0.1) is 0 Å². The van der Waals surface area contributed by atoms with Crippen LogP contribution < -0.4 is 0 Å². The lowest BCUT2D eigenvalue weighted by atomic mass is 10.1. The van der Waals surface area contributed by atoms with Gasteiger partial charge in [0.05, 0.1) is 31.9 Å². The molecule has 0 saturated carbocycles. The standard InChI is InChI=1S/C15H14N2O4/c1-20-15(19)8-13-12-7-10-5-3-4-6-11(10)16(12)14(9-18)17(13)21-2/h3-7,13H,8H2,1-2H3. The highest BCUT2D eigenvalue weighted by Gasteiger charge is 2.38. The number of carbonyl (C=O) groups is 1. The zero-order chi connectivity index (χ0) is 15.0. The number of hydrogen-bond donors (Lipinski definition) is 0. The van der Waals surface area contributed by atoms with E-state index in [1.807, 2.05) is 36.3 Å². The van der Waals surface area contributed by atoms with E-state index >= 15 is 0 Å². The van der Waals surface area contributed by atoms with Crippen molar-refractivity contribution in [1.82, 2.24) is 9.63 Å².